The third-order valence-corrected chi connectivity index (χ3v) is 8.78. The molecule has 0 aromatic carbocycles. The Hall–Kier alpha value is -1.14. The first-order valence-electron chi connectivity index (χ1n) is 11.3. The SMILES string of the molecule is C.C.C.C.C.C.C.C.C.C.C.C.C.C.C.C.C.C.C.C.C.C.C.C.C.C.CCC(C)(C(C)(C)OC)C(C)(C)OC(=O)CC(=O)OC(C)(C)C(C)(CC)C(C)(C)OC. The summed E-state index contributed by atoms with van der Waals surface area (Å²) in [7, 11) is 3.30. The van der Waals surface area contributed by atoms with E-state index in [0.717, 1.165) is 12.8 Å². The predicted octanol–water partition coefficient (Wildman–Crippen LogP) is 22.2. The van der Waals surface area contributed by atoms with Crippen molar-refractivity contribution in [2.24, 2.45) is 10.8 Å². The lowest BCUT2D eigenvalue weighted by Gasteiger charge is -2.52. The van der Waals surface area contributed by atoms with E-state index in [-0.39, 0.29) is 193 Å². The third-order valence-electron chi connectivity index (χ3n) is 8.78. The van der Waals surface area contributed by atoms with Crippen molar-refractivity contribution >= 4 is 11.9 Å². The van der Waals surface area contributed by atoms with Crippen molar-refractivity contribution in [1.29, 1.82) is 0 Å². The first-order valence-corrected chi connectivity index (χ1v) is 11.3. The number of esters is 2. The summed E-state index contributed by atoms with van der Waals surface area (Å²) in [6, 6.07) is 0. The topological polar surface area (TPSA) is 71.1 Å². The van der Waals surface area contributed by atoms with Crippen molar-refractivity contribution in [3.63, 3.8) is 0 Å². The minimum Gasteiger partial charge on any atom is -0.459 e. The van der Waals surface area contributed by atoms with Gasteiger partial charge in [-0.1, -0.05) is 221 Å². The van der Waals surface area contributed by atoms with Crippen molar-refractivity contribution < 1.29 is 28.5 Å². The zero-order chi connectivity index (χ0) is 25.1. The van der Waals surface area contributed by atoms with Crippen LogP contribution in [0.1, 0.15) is 295 Å². The van der Waals surface area contributed by atoms with Crippen LogP contribution in [0.5, 0.6) is 0 Å². The molecule has 0 saturated heterocycles. The maximum absolute atomic E-state index is 12.7. The molecule has 0 aliphatic rings. The zero-order valence-corrected chi connectivity index (χ0v) is 22.6. The zero-order valence-electron chi connectivity index (χ0n) is 22.6. The van der Waals surface area contributed by atoms with Gasteiger partial charge in [0.15, 0.2) is 0 Å². The number of rotatable bonds is 12. The Morgan fingerprint density at radius 3 is 0.561 bits per heavy atom. The highest BCUT2D eigenvalue weighted by atomic mass is 16.6. The summed E-state index contributed by atoms with van der Waals surface area (Å²) in [5, 5.41) is 0. The Kier molecular flexibility index (Phi) is 246. The number of carbonyl (C=O) groups excluding carboxylic acids is 2. The van der Waals surface area contributed by atoms with Gasteiger partial charge >= 0.3 is 11.9 Å². The second kappa shape index (κ2) is 69.5. The van der Waals surface area contributed by atoms with E-state index in [4.69, 9.17) is 18.9 Å². The summed E-state index contributed by atoms with van der Waals surface area (Å²) < 4.78 is 23.1. The molecule has 0 aromatic heterocycles. The number of hydrogen-bond acceptors (Lipinski definition) is 6. The Bertz CT molecular complexity index is 586. The highest BCUT2D eigenvalue weighted by molar-refractivity contribution is 5.91. The monoisotopic (exact) mass is 861 g/mol. The number of carbonyl (C=O) groups is 2. The van der Waals surface area contributed by atoms with Crippen LogP contribution in [-0.2, 0) is 28.5 Å². The van der Waals surface area contributed by atoms with Crippen molar-refractivity contribution in [2.45, 2.75) is 318 Å². The summed E-state index contributed by atoms with van der Waals surface area (Å²) in [6.07, 6.45) is 1.01. The molecule has 0 spiro atoms. The predicted molar refractivity (Wildman–Crippen MR) is 299 cm³/mol. The van der Waals surface area contributed by atoms with Gasteiger partial charge in [0.2, 0.25) is 0 Å². The average Bonchev–Trinajstić information content (AvgIpc) is 2.64. The van der Waals surface area contributed by atoms with Crippen LogP contribution in [0.15, 0.2) is 0 Å². The fraction of sp³-hybridized carbons (Fsp3) is 0.961. The van der Waals surface area contributed by atoms with Crippen molar-refractivity contribution in [3.05, 3.63) is 0 Å². The van der Waals surface area contributed by atoms with Crippen LogP contribution in [0.3, 0.4) is 0 Å². The molecule has 0 bridgehead atoms. The summed E-state index contributed by atoms with van der Waals surface area (Å²) in [5.74, 6) is -1.22. The molecule has 2 unspecified atom stereocenters. The normalized spacial score (nSPS) is 9.51. The molecular weight excluding hydrogens is 709 g/mol. The van der Waals surface area contributed by atoms with Crippen LogP contribution >= 0.6 is 0 Å². The molecule has 392 valence electrons. The van der Waals surface area contributed by atoms with Gasteiger partial charge in [0, 0.05) is 25.0 Å². The van der Waals surface area contributed by atoms with E-state index < -0.39 is 51.6 Å². The van der Waals surface area contributed by atoms with Gasteiger partial charge in [-0.2, -0.15) is 0 Å². The van der Waals surface area contributed by atoms with Gasteiger partial charge < -0.3 is 18.9 Å². The van der Waals surface area contributed by atoms with E-state index in [2.05, 4.69) is 0 Å². The van der Waals surface area contributed by atoms with E-state index in [9.17, 15) is 9.59 Å². The first-order chi connectivity index (χ1) is 13.7. The van der Waals surface area contributed by atoms with E-state index in [1.807, 2.05) is 83.1 Å². The third kappa shape index (κ3) is 41.4. The van der Waals surface area contributed by atoms with E-state index >= 15 is 0 Å². The van der Waals surface area contributed by atoms with Crippen LogP contribution in [0.25, 0.3) is 0 Å². The molecular formula is C51H152O6. The van der Waals surface area contributed by atoms with Crippen LogP contribution in [0.4, 0.5) is 0 Å². The highest BCUT2D eigenvalue weighted by Gasteiger charge is 2.55. The molecule has 0 aliphatic carbocycles. The molecule has 6 nitrogen and oxygen atoms in total. The lowest BCUT2D eigenvalue weighted by molar-refractivity contribution is -0.211. The molecule has 0 N–H and O–H groups in total. The average molecular weight is 862 g/mol. The number of ether oxygens (including phenoxy) is 4. The van der Waals surface area contributed by atoms with Gasteiger partial charge in [0.05, 0.1) is 11.2 Å². The molecule has 0 amide bonds. The van der Waals surface area contributed by atoms with Crippen molar-refractivity contribution in [3.8, 4) is 0 Å². The van der Waals surface area contributed by atoms with E-state index in [0.29, 0.717) is 0 Å². The van der Waals surface area contributed by atoms with Crippen LogP contribution in [-0.4, -0.2) is 48.6 Å². The maximum atomic E-state index is 12.7. The van der Waals surface area contributed by atoms with Crippen LogP contribution in [0, 0.1) is 10.8 Å². The van der Waals surface area contributed by atoms with E-state index in [1.165, 1.54) is 0 Å². The standard InChI is InChI=1S/C25H48O6.26CH4/c1-15-24(11,20(3,4)28-13)22(7,8)30-18(26)17-19(27)31-23(9,10)25(12,16-2)21(5,6)29-14;;;;;;;;;;;;;;;;;;;;;;;;;;/h15-17H2,1-14H3;26*1H4. The molecule has 0 fully saturated rings. The summed E-state index contributed by atoms with van der Waals surface area (Å²) in [5.41, 5.74) is -3.74. The van der Waals surface area contributed by atoms with Crippen molar-refractivity contribution in [1.82, 2.24) is 0 Å². The fourth-order valence-corrected chi connectivity index (χ4v) is 4.59. The Morgan fingerprint density at radius 2 is 0.456 bits per heavy atom. The summed E-state index contributed by atoms with van der Waals surface area (Å²) >= 11 is 0. The second-order valence-electron chi connectivity index (χ2n) is 10.9. The van der Waals surface area contributed by atoms with Crippen LogP contribution in [0.2, 0.25) is 0 Å². The molecule has 0 saturated carbocycles. The second-order valence-corrected chi connectivity index (χ2v) is 10.9. The van der Waals surface area contributed by atoms with Gasteiger partial charge in [-0.15, -0.1) is 0 Å². The van der Waals surface area contributed by atoms with Gasteiger partial charge in [-0.05, 0) is 68.2 Å². The smallest absolute Gasteiger partial charge is 0.317 e. The highest BCUT2D eigenvalue weighted by Crippen LogP contribution is 2.49. The number of hydrogen-bond donors (Lipinski definition) is 0. The largest absolute Gasteiger partial charge is 0.459 e. The summed E-state index contributed by atoms with van der Waals surface area (Å²) in [6.45, 7) is 23.5. The molecule has 2 atom stereocenters. The quantitative estimate of drug-likeness (QED) is 0.144. The lowest BCUT2D eigenvalue weighted by atomic mass is 9.63. The fourth-order valence-electron chi connectivity index (χ4n) is 4.59. The molecule has 0 heterocycles. The van der Waals surface area contributed by atoms with Gasteiger partial charge in [-0.25, -0.2) is 0 Å². The minimum absolute atomic E-state index is 0. The Morgan fingerprint density at radius 1 is 0.316 bits per heavy atom. The molecule has 0 radical (unpaired) electrons. The molecule has 6 heteroatoms. The Labute approximate surface area is 382 Å². The van der Waals surface area contributed by atoms with Gasteiger partial charge in [0.1, 0.15) is 17.6 Å². The minimum atomic E-state index is -0.857. The van der Waals surface area contributed by atoms with Crippen LogP contribution < -0.4 is 0 Å². The Balaban J connectivity index is -0.0000000138. The molecule has 0 rings (SSSR count). The number of methoxy groups -OCH3 is 2. The van der Waals surface area contributed by atoms with Gasteiger partial charge in [-0.3, -0.25) is 9.59 Å². The van der Waals surface area contributed by atoms with E-state index in [1.54, 1.807) is 14.2 Å². The lowest BCUT2D eigenvalue weighted by Crippen LogP contribution is -2.58. The molecule has 0 aromatic rings. The molecule has 0 aliphatic heterocycles. The summed E-state index contributed by atoms with van der Waals surface area (Å²) in [4.78, 5) is 25.4. The van der Waals surface area contributed by atoms with Crippen molar-refractivity contribution in [2.75, 3.05) is 14.2 Å². The maximum Gasteiger partial charge on any atom is 0.317 e. The first kappa shape index (κ1) is 202. The molecule has 57 heavy (non-hydrogen) atoms. The van der Waals surface area contributed by atoms with Gasteiger partial charge in [0.25, 0.3) is 0 Å².